The first-order chi connectivity index (χ1) is 65.0. The van der Waals surface area contributed by atoms with Gasteiger partial charge in [0.2, 0.25) is 5.91 Å². The van der Waals surface area contributed by atoms with E-state index in [2.05, 4.69) is 167 Å². The summed E-state index contributed by atoms with van der Waals surface area (Å²) in [6.45, 7) is 53.7. The maximum atomic E-state index is 13.4. The van der Waals surface area contributed by atoms with Crippen LogP contribution in [-0.4, -0.2) is 247 Å². The van der Waals surface area contributed by atoms with E-state index in [0.29, 0.717) is 126 Å². The summed E-state index contributed by atoms with van der Waals surface area (Å²) in [6, 6.07) is 47.1. The quantitative estimate of drug-likeness (QED) is 0.0306. The molecular weight excluding hydrogens is 1720 g/mol. The molecule has 7 aliphatic rings. The van der Waals surface area contributed by atoms with Gasteiger partial charge in [-0.25, -0.2) is 0 Å². The molecule has 137 heavy (non-hydrogen) atoms. The minimum absolute atomic E-state index is 0.0334. The van der Waals surface area contributed by atoms with Crippen molar-refractivity contribution in [3.05, 3.63) is 235 Å². The average Bonchev–Trinajstić information content (AvgIpc) is 1.64. The molecule has 0 saturated carbocycles. The molecule has 8 aromatic rings. The summed E-state index contributed by atoms with van der Waals surface area (Å²) in [4.78, 5) is 85.6. The van der Waals surface area contributed by atoms with Gasteiger partial charge in [0.1, 0.15) is 0 Å². The highest BCUT2D eigenvalue weighted by Crippen LogP contribution is 2.42. The van der Waals surface area contributed by atoms with Crippen molar-refractivity contribution in [1.29, 1.82) is 0 Å². The molecule has 3 saturated heterocycles. The first kappa shape index (κ1) is 105. The number of hydrogen-bond acceptors (Lipinski definition) is 19. The van der Waals surface area contributed by atoms with Crippen molar-refractivity contribution >= 4 is 29.5 Å². The number of rotatable bonds is 32. The van der Waals surface area contributed by atoms with Crippen LogP contribution in [0.15, 0.2) is 146 Å². The van der Waals surface area contributed by atoms with Crippen molar-refractivity contribution < 1.29 is 68.1 Å². The van der Waals surface area contributed by atoms with Crippen LogP contribution in [-0.2, 0) is 87.6 Å². The van der Waals surface area contributed by atoms with Crippen molar-refractivity contribution in [3.8, 4) is 46.0 Å². The Labute approximate surface area is 816 Å². The van der Waals surface area contributed by atoms with E-state index in [1.54, 1.807) is 55.1 Å². The SMILES string of the molecule is CC(=O)N1CCN(C(=O)c2cccc3c2CN(C(C)(C)CCc2ccc(O)c(OCC(C)C)c2)C3)CC1.CC(C)COc1cc(CCC(C)(C)N2Cc3cccc(C(=O)N(C)C)c3C2)ccc1O.CC(C)COc1cc(CCC(C)(C)N2Cc3cccc(C(=O)N4CCN(C)CC4)c3C2)ccc1O.CC(C)COc1cc(CCC(C)(C)N2Cc3cccc(C(=O)N4CCOCC4)c3C2)ccc1O. The summed E-state index contributed by atoms with van der Waals surface area (Å²) in [6.07, 6.45) is 7.37. The van der Waals surface area contributed by atoms with E-state index in [1.165, 1.54) is 33.4 Å². The summed E-state index contributed by atoms with van der Waals surface area (Å²) in [5, 5.41) is 40.6. The van der Waals surface area contributed by atoms with Crippen LogP contribution in [0.5, 0.6) is 46.0 Å². The number of phenolic OH excluding ortho intramolecular Hbond substituents is 4. The Balaban J connectivity index is 0.000000164. The second kappa shape index (κ2) is 46.8. The minimum Gasteiger partial charge on any atom is -0.504 e. The molecule has 0 atom stereocenters. The van der Waals surface area contributed by atoms with Gasteiger partial charge in [0.15, 0.2) is 46.0 Å². The van der Waals surface area contributed by atoms with Crippen LogP contribution in [0.4, 0.5) is 0 Å². The topological polar surface area (TPSA) is 245 Å². The van der Waals surface area contributed by atoms with Gasteiger partial charge in [0, 0.05) is 183 Å². The lowest BCUT2D eigenvalue weighted by molar-refractivity contribution is -0.130. The van der Waals surface area contributed by atoms with Crippen LogP contribution in [0.1, 0.15) is 252 Å². The van der Waals surface area contributed by atoms with Crippen LogP contribution < -0.4 is 18.9 Å². The number of piperazine rings is 2. The van der Waals surface area contributed by atoms with Gasteiger partial charge in [-0.3, -0.25) is 43.6 Å². The molecule has 0 spiro atoms. The monoisotopic (exact) mass is 1880 g/mol. The number of morpholine rings is 1. The Kier molecular flexibility index (Phi) is 35.9. The molecule has 7 heterocycles. The van der Waals surface area contributed by atoms with Gasteiger partial charge in [0.25, 0.3) is 23.6 Å². The molecule has 742 valence electrons. The van der Waals surface area contributed by atoms with Crippen molar-refractivity contribution in [3.63, 3.8) is 0 Å². The van der Waals surface area contributed by atoms with E-state index in [0.717, 1.165) is 186 Å². The maximum Gasteiger partial charge on any atom is 0.254 e. The van der Waals surface area contributed by atoms with Crippen LogP contribution in [0.3, 0.4) is 0 Å². The smallest absolute Gasteiger partial charge is 0.254 e. The van der Waals surface area contributed by atoms with E-state index in [1.807, 2.05) is 112 Å². The molecule has 3 fully saturated rings. The maximum absolute atomic E-state index is 13.4. The van der Waals surface area contributed by atoms with E-state index in [-0.39, 0.29) is 74.7 Å². The number of aromatic hydroxyl groups is 4. The highest BCUT2D eigenvalue weighted by Gasteiger charge is 2.41. The van der Waals surface area contributed by atoms with Crippen LogP contribution in [0.25, 0.3) is 0 Å². The van der Waals surface area contributed by atoms with Gasteiger partial charge in [-0.15, -0.1) is 0 Å². The lowest BCUT2D eigenvalue weighted by Gasteiger charge is -2.36. The van der Waals surface area contributed by atoms with E-state index in [4.69, 9.17) is 23.7 Å². The largest absolute Gasteiger partial charge is 0.504 e. The molecule has 5 amide bonds. The molecule has 4 N–H and O–H groups in total. The number of aryl methyl sites for hydroxylation is 4. The standard InChI is InChI=1S/C30H41N3O4.C29H41N3O3.C28H38N2O4.C26H36N2O3/c1-21(2)20-37-28-17-23(9-10-27(28)35)11-12-30(4,5)33-18-24-7-6-8-25(26(24)19-33)29(36)32-15-13-31(14-16-32)22(3)34;1-21(2)20-35-27-17-22(9-10-26(27)33)11-12-29(3,4)32-18-23-7-6-8-24(25(23)19-32)28(34)31-15-13-30(5)14-16-31;1-20(2)19-34-26-16-21(8-9-25(26)31)10-11-28(3,4)30-17-22-6-5-7-23(24(22)18-30)27(32)29-12-14-33-15-13-29;1-18(2)17-31-24-14-19(10-11-23(24)29)12-13-26(3,4)28-15-20-8-7-9-21(22(20)16-28)25(30)27(5)6/h6-10,17,21,35H,11-16,18-20H2,1-5H3;6-10,17,21,33H,11-16,18-20H2,1-5H3;5-9,16,20,31H,10-15,17-19H2,1-4H3;7-11,14,18,29H,12-13,15-17H2,1-6H3. The Hall–Kier alpha value is -10.7. The summed E-state index contributed by atoms with van der Waals surface area (Å²) < 4.78 is 28.6. The summed E-state index contributed by atoms with van der Waals surface area (Å²) in [5.41, 5.74) is 17.4. The zero-order chi connectivity index (χ0) is 99.0. The predicted octanol–water partition coefficient (Wildman–Crippen LogP) is 18.5. The molecule has 0 unspecified atom stereocenters. The van der Waals surface area contributed by atoms with Gasteiger partial charge in [0.05, 0.1) is 39.6 Å². The fraction of sp³-hybridized carbons (Fsp3) is 0.531. The van der Waals surface area contributed by atoms with Gasteiger partial charge in [-0.1, -0.05) is 128 Å². The minimum atomic E-state index is -0.0801. The lowest BCUT2D eigenvalue weighted by atomic mass is 9.93. The number of nitrogens with zero attached hydrogens (tertiary/aromatic N) is 10. The predicted molar refractivity (Wildman–Crippen MR) is 542 cm³/mol. The number of phenols is 4. The molecule has 8 aromatic carbocycles. The number of benzene rings is 8. The zero-order valence-electron chi connectivity index (χ0n) is 85.6. The van der Waals surface area contributed by atoms with E-state index >= 15 is 0 Å². The first-order valence-electron chi connectivity index (χ1n) is 49.8. The third-order valence-electron chi connectivity index (χ3n) is 28.3. The lowest BCUT2D eigenvalue weighted by Crippen LogP contribution is -2.50. The highest BCUT2D eigenvalue weighted by atomic mass is 16.5. The highest BCUT2D eigenvalue weighted by molar-refractivity contribution is 5.98. The van der Waals surface area contributed by atoms with Crippen molar-refractivity contribution in [2.75, 3.05) is 126 Å². The molecular formula is C113H156N10O14. The zero-order valence-corrected chi connectivity index (χ0v) is 85.6. The fourth-order valence-corrected chi connectivity index (χ4v) is 18.7. The normalized spacial score (nSPS) is 16.1. The number of hydrogen-bond donors (Lipinski definition) is 4. The van der Waals surface area contributed by atoms with Gasteiger partial charge in [-0.05, 0) is 277 Å². The fourth-order valence-electron chi connectivity index (χ4n) is 18.7. The third kappa shape index (κ3) is 27.9. The first-order valence-corrected chi connectivity index (χ1v) is 49.8. The van der Waals surface area contributed by atoms with E-state index in [9.17, 15) is 44.4 Å². The Morgan fingerprint density at radius 2 is 0.591 bits per heavy atom. The summed E-state index contributed by atoms with van der Waals surface area (Å²) in [7, 11) is 5.71. The van der Waals surface area contributed by atoms with Crippen LogP contribution in [0.2, 0.25) is 0 Å². The number of likely N-dealkylation sites (N-methyl/N-ethyl adjacent to an activating group) is 1. The van der Waals surface area contributed by atoms with Crippen molar-refractivity contribution in [2.45, 2.75) is 244 Å². The molecule has 24 heteroatoms. The summed E-state index contributed by atoms with van der Waals surface area (Å²) in [5.74, 6) is 5.08. The molecule has 24 nitrogen and oxygen atoms in total. The Morgan fingerprint density at radius 3 is 0.854 bits per heavy atom. The van der Waals surface area contributed by atoms with Gasteiger partial charge >= 0.3 is 0 Å². The molecule has 0 aromatic heterocycles. The molecule has 15 rings (SSSR count). The van der Waals surface area contributed by atoms with Crippen LogP contribution >= 0.6 is 0 Å². The second-order valence-corrected chi connectivity index (χ2v) is 43.0. The van der Waals surface area contributed by atoms with Crippen LogP contribution in [0, 0.1) is 23.7 Å². The van der Waals surface area contributed by atoms with Crippen molar-refractivity contribution in [2.24, 2.45) is 23.7 Å². The Bertz CT molecular complexity index is 5450. The number of carbonyl (C=O) groups is 5. The van der Waals surface area contributed by atoms with Crippen molar-refractivity contribution in [1.82, 2.24) is 49.0 Å². The van der Waals surface area contributed by atoms with Gasteiger partial charge < -0.3 is 73.5 Å². The molecule has 7 aliphatic heterocycles. The number of amides is 5. The summed E-state index contributed by atoms with van der Waals surface area (Å²) >= 11 is 0. The Morgan fingerprint density at radius 1 is 0.343 bits per heavy atom. The second-order valence-electron chi connectivity index (χ2n) is 43.0. The van der Waals surface area contributed by atoms with E-state index < -0.39 is 0 Å². The number of fused-ring (bicyclic) bond motifs is 4. The number of carbonyl (C=O) groups excluding carboxylic acids is 5. The third-order valence-corrected chi connectivity index (χ3v) is 28.3. The molecule has 0 aliphatic carbocycles. The average molecular weight is 1880 g/mol. The van der Waals surface area contributed by atoms with Gasteiger partial charge in [-0.2, -0.15) is 0 Å². The molecule has 0 radical (unpaired) electrons. The number of ether oxygens (including phenoxy) is 5. The molecule has 0 bridgehead atoms.